The van der Waals surface area contributed by atoms with Gasteiger partial charge in [-0.1, -0.05) is 0 Å². The molecule has 19 heavy (non-hydrogen) atoms. The number of hydrogen-bond donors (Lipinski definition) is 0. The van der Waals surface area contributed by atoms with Gasteiger partial charge < -0.3 is 0 Å². The molecule has 0 radical (unpaired) electrons. The number of benzene rings is 1. The number of rotatable bonds is 2. The Hall–Kier alpha value is -0.114. The van der Waals surface area contributed by atoms with E-state index in [-0.39, 0.29) is 11.0 Å². The van der Waals surface area contributed by atoms with Crippen LogP contribution in [0.4, 0.5) is 4.39 Å². The molecule has 5 rings (SSSR count). The number of halogens is 1. The van der Waals surface area contributed by atoms with E-state index >= 15 is 4.39 Å². The van der Waals surface area contributed by atoms with E-state index in [1.54, 1.807) is 0 Å². The normalized spacial score (nSPS) is 43.0. The molecule has 104 valence electrons. The van der Waals surface area contributed by atoms with Gasteiger partial charge in [0.25, 0.3) is 0 Å². The van der Waals surface area contributed by atoms with Gasteiger partial charge >= 0.3 is 114 Å². The molecule has 0 aromatic heterocycles. The van der Waals surface area contributed by atoms with Crippen molar-refractivity contribution in [1.82, 2.24) is 0 Å². The SMILES string of the molecule is FC12CC3CC(CC(C3)C1[Se]c1ccccc1)C2.[SiH4]. The van der Waals surface area contributed by atoms with Crippen LogP contribution >= 0.6 is 0 Å². The molecule has 0 amide bonds. The summed E-state index contributed by atoms with van der Waals surface area (Å²) in [7, 11) is 0. The van der Waals surface area contributed by atoms with Crippen LogP contribution in [0.2, 0.25) is 4.82 Å². The van der Waals surface area contributed by atoms with Crippen LogP contribution in [-0.4, -0.2) is 31.6 Å². The average Bonchev–Trinajstić information content (AvgIpc) is 2.34. The molecule has 0 saturated heterocycles. The third-order valence-corrected chi connectivity index (χ3v) is 8.51. The first-order valence-electron chi connectivity index (χ1n) is 7.13. The van der Waals surface area contributed by atoms with Gasteiger partial charge in [-0.3, -0.25) is 0 Å². The van der Waals surface area contributed by atoms with Gasteiger partial charge in [-0.05, 0) is 11.0 Å². The number of hydrogen-bond acceptors (Lipinski definition) is 0. The standard InChI is InChI=1S/C16H19FSe.H4Si/c17-16-9-11-6-12(10-16)8-13(7-11)15(16)18-14-4-2-1-3-5-14;/h1-5,11-13,15H,6-10H2;1H4. The van der Waals surface area contributed by atoms with E-state index in [0.29, 0.717) is 25.7 Å². The van der Waals surface area contributed by atoms with Gasteiger partial charge in [0.1, 0.15) is 0 Å². The van der Waals surface area contributed by atoms with E-state index in [0.717, 1.165) is 24.7 Å². The first-order chi connectivity index (χ1) is 8.73. The second-order valence-electron chi connectivity index (χ2n) is 6.49. The number of alkyl halides is 1. The first kappa shape index (κ1) is 13.9. The van der Waals surface area contributed by atoms with Crippen molar-refractivity contribution in [2.45, 2.75) is 42.6 Å². The van der Waals surface area contributed by atoms with E-state index in [4.69, 9.17) is 0 Å². The van der Waals surface area contributed by atoms with Crippen molar-refractivity contribution < 1.29 is 4.39 Å². The Labute approximate surface area is 125 Å². The zero-order valence-electron chi connectivity index (χ0n) is 10.5. The summed E-state index contributed by atoms with van der Waals surface area (Å²) in [6.07, 6.45) is 5.72. The quantitative estimate of drug-likeness (QED) is 0.721. The minimum absolute atomic E-state index is 0. The summed E-state index contributed by atoms with van der Waals surface area (Å²) in [5, 5.41) is 0. The van der Waals surface area contributed by atoms with Gasteiger partial charge in [0, 0.05) is 0 Å². The Morgan fingerprint density at radius 3 is 2.21 bits per heavy atom. The summed E-state index contributed by atoms with van der Waals surface area (Å²) < 4.78 is 16.6. The Morgan fingerprint density at radius 1 is 1.00 bits per heavy atom. The third-order valence-electron chi connectivity index (χ3n) is 5.14. The molecule has 0 nitrogen and oxygen atoms in total. The van der Waals surface area contributed by atoms with Gasteiger partial charge in [-0.2, -0.15) is 0 Å². The molecular formula is C16H23FSeSi. The Kier molecular flexibility index (Phi) is 3.66. The molecule has 0 heterocycles. The molecular weight excluding hydrogens is 318 g/mol. The van der Waals surface area contributed by atoms with Crippen molar-refractivity contribution in [2.75, 3.05) is 0 Å². The van der Waals surface area contributed by atoms with E-state index in [2.05, 4.69) is 30.3 Å². The largest absolute Gasteiger partial charge is 0.0149 e. The van der Waals surface area contributed by atoms with Crippen LogP contribution in [0.25, 0.3) is 0 Å². The fraction of sp³-hybridized carbons (Fsp3) is 0.625. The van der Waals surface area contributed by atoms with Crippen molar-refractivity contribution in [3.63, 3.8) is 0 Å². The molecule has 3 unspecified atom stereocenters. The zero-order chi connectivity index (χ0) is 12.2. The van der Waals surface area contributed by atoms with Crippen LogP contribution in [0, 0.1) is 17.8 Å². The molecule has 1 aromatic carbocycles. The van der Waals surface area contributed by atoms with Gasteiger partial charge in [0.15, 0.2) is 0 Å². The third kappa shape index (κ3) is 2.34. The summed E-state index contributed by atoms with van der Waals surface area (Å²) in [5.74, 6) is 2.13. The molecule has 0 spiro atoms. The summed E-state index contributed by atoms with van der Waals surface area (Å²) in [6, 6.07) is 10.6. The molecule has 0 aliphatic heterocycles. The topological polar surface area (TPSA) is 0 Å². The molecule has 0 N–H and O–H groups in total. The maximum atomic E-state index is 15.2. The van der Waals surface area contributed by atoms with Crippen molar-refractivity contribution in [1.29, 1.82) is 0 Å². The first-order valence-corrected chi connectivity index (χ1v) is 8.98. The molecule has 4 aliphatic carbocycles. The fourth-order valence-electron chi connectivity index (χ4n) is 4.74. The summed E-state index contributed by atoms with van der Waals surface area (Å²) in [6.45, 7) is 0. The molecule has 4 fully saturated rings. The summed E-state index contributed by atoms with van der Waals surface area (Å²) >= 11 is 0.327. The minimum atomic E-state index is -0.801. The van der Waals surface area contributed by atoms with Gasteiger partial charge in [-0.15, -0.1) is 0 Å². The minimum Gasteiger partial charge on any atom is -0.0149 e. The fourth-order valence-corrected chi connectivity index (χ4v) is 7.73. The van der Waals surface area contributed by atoms with E-state index < -0.39 is 5.67 Å². The molecule has 1 aromatic rings. The molecule has 4 aliphatic rings. The molecule has 3 heteroatoms. The van der Waals surface area contributed by atoms with E-state index in [1.165, 1.54) is 23.7 Å². The molecule has 4 bridgehead atoms. The predicted molar refractivity (Wildman–Crippen MR) is 84.3 cm³/mol. The maximum absolute atomic E-state index is 15.2. The van der Waals surface area contributed by atoms with Gasteiger partial charge in [0.2, 0.25) is 0 Å². The van der Waals surface area contributed by atoms with E-state index in [1.807, 2.05) is 0 Å². The van der Waals surface area contributed by atoms with Crippen LogP contribution in [0.1, 0.15) is 32.1 Å². The van der Waals surface area contributed by atoms with Crippen molar-refractivity contribution in [3.05, 3.63) is 30.3 Å². The monoisotopic (exact) mass is 342 g/mol. The van der Waals surface area contributed by atoms with Gasteiger partial charge in [-0.25, -0.2) is 0 Å². The summed E-state index contributed by atoms with van der Waals surface area (Å²) in [5.41, 5.74) is -0.801. The Balaban J connectivity index is 0.00000110. The zero-order valence-corrected chi connectivity index (χ0v) is 12.2. The van der Waals surface area contributed by atoms with Crippen LogP contribution in [0.3, 0.4) is 0 Å². The van der Waals surface area contributed by atoms with Gasteiger partial charge in [0.05, 0.1) is 0 Å². The summed E-state index contributed by atoms with van der Waals surface area (Å²) in [4.78, 5) is 0.361. The average molecular weight is 341 g/mol. The van der Waals surface area contributed by atoms with Crippen LogP contribution in [0.15, 0.2) is 30.3 Å². The van der Waals surface area contributed by atoms with E-state index in [9.17, 15) is 0 Å². The second kappa shape index (κ2) is 5.02. The van der Waals surface area contributed by atoms with Crippen molar-refractivity contribution in [3.8, 4) is 0 Å². The Morgan fingerprint density at radius 2 is 1.63 bits per heavy atom. The molecule has 4 saturated carbocycles. The van der Waals surface area contributed by atoms with Crippen LogP contribution < -0.4 is 4.46 Å². The smallest absolute Gasteiger partial charge is 0.0149 e. The molecule has 3 atom stereocenters. The maximum Gasteiger partial charge on any atom is -0.0149 e. The van der Waals surface area contributed by atoms with Crippen molar-refractivity contribution in [2.24, 2.45) is 17.8 Å². The van der Waals surface area contributed by atoms with Crippen molar-refractivity contribution >= 4 is 30.4 Å². The Bertz CT molecular complexity index is 435. The predicted octanol–water partition coefficient (Wildman–Crippen LogP) is 1.90. The second-order valence-corrected chi connectivity index (χ2v) is 9.04. The van der Waals surface area contributed by atoms with Crippen LogP contribution in [-0.2, 0) is 0 Å². The van der Waals surface area contributed by atoms with Crippen LogP contribution in [0.5, 0.6) is 0 Å².